The molecule has 88 heavy (non-hydrogen) atoms. The van der Waals surface area contributed by atoms with Gasteiger partial charge in [-0.25, -0.2) is 0 Å². The Morgan fingerprint density at radius 3 is 1.39 bits per heavy atom. The van der Waals surface area contributed by atoms with Crippen molar-refractivity contribution in [1.82, 2.24) is 26.6 Å². The van der Waals surface area contributed by atoms with E-state index >= 15 is 0 Å². The lowest BCUT2D eigenvalue weighted by Crippen LogP contribution is -2.51. The monoisotopic (exact) mass is 1240 g/mol. The van der Waals surface area contributed by atoms with Gasteiger partial charge in [-0.2, -0.15) is 0 Å². The molecule has 0 radical (unpaired) electrons. The molecule has 0 aliphatic carbocycles. The molecule has 12 atom stereocenters. The Morgan fingerprint density at radius 1 is 0.489 bits per heavy atom. The molecule has 0 saturated carbocycles. The third-order valence-electron chi connectivity index (χ3n) is 15.0. The number of aliphatic hydroxyl groups is 2. The van der Waals surface area contributed by atoms with E-state index in [0.717, 1.165) is 0 Å². The van der Waals surface area contributed by atoms with Crippen LogP contribution in [-0.4, -0.2) is 159 Å². The third-order valence-corrected chi connectivity index (χ3v) is 15.0. The molecular weight excluding hydrogens is 1140 g/mol. The average Bonchev–Trinajstić information content (AvgIpc) is 3.13. The normalized spacial score (nSPS) is 15.4. The van der Waals surface area contributed by atoms with Gasteiger partial charge in [0.25, 0.3) is 0 Å². The van der Waals surface area contributed by atoms with Crippen molar-refractivity contribution in [3.05, 3.63) is 29.8 Å². The van der Waals surface area contributed by atoms with Gasteiger partial charge >= 0.3 is 5.97 Å². The molecule has 28 heteroatoms. The molecule has 0 aromatic heterocycles. The van der Waals surface area contributed by atoms with Crippen molar-refractivity contribution >= 4 is 76.5 Å². The lowest BCUT2D eigenvalue weighted by Gasteiger charge is -2.27. The lowest BCUT2D eigenvalue weighted by atomic mass is 9.88. The number of carbonyl (C=O) groups excluding carboxylic acids is 10. The number of aliphatic hydroxyl groups excluding tert-OH is 2. The molecule has 0 saturated heterocycles. The van der Waals surface area contributed by atoms with E-state index in [0.29, 0.717) is 24.8 Å². The topological polar surface area (TPSA) is 510 Å². The minimum Gasteiger partial charge on any atom is -0.508 e. The number of carboxylic acids is 1. The van der Waals surface area contributed by atoms with E-state index < -0.39 is 163 Å². The van der Waals surface area contributed by atoms with Crippen LogP contribution in [0.5, 0.6) is 5.75 Å². The number of ketones is 4. The number of carboxylic acid groups (broad SMARTS) is 1. The predicted octanol–water partition coefficient (Wildman–Crippen LogP) is -0.244. The fourth-order valence-corrected chi connectivity index (χ4v) is 9.86. The van der Waals surface area contributed by atoms with E-state index in [-0.39, 0.29) is 106 Å². The molecule has 1 aromatic carbocycles. The minimum atomic E-state index is -1.83. The van der Waals surface area contributed by atoms with Gasteiger partial charge in [0.05, 0.1) is 54.6 Å². The van der Waals surface area contributed by atoms with E-state index in [1.54, 1.807) is 0 Å². The standard InChI is InChI=1S/C60H101N13O15/c1-9-38(24-32(2)3)54(84)70-44(16-13-23-68-60(65)66)51(80)30-43(36(8)75)57(87)69-34(6)48(77)29-42(35(7)74)58(88)72-46(31-52(81)82)50(79)27-39(14-10-11-21-61)55(85)71-45(26-37-17-19-41(76)20-18-37)49(78)28-40(15-12-22-67-59(63)64)56(86)73-47(53(62)83)25-33(4)5/h17-20,32-36,38-40,42-47,74-76H,9-16,21-31,61H2,1-8H3,(H2,62,83)(H,69,87)(H,70,84)(H,71,85)(H,72,88)(H,73,86)(H,81,82)(H4,63,64,67)(H4,65,66,68)/t34-,35+,36+,38-,39+,40+,42-,43-,44-,45-,46-,47-/m0/s1. The highest BCUT2D eigenvalue weighted by molar-refractivity contribution is 5.99. The quantitative estimate of drug-likeness (QED) is 0.0227. The molecule has 1 rings (SSSR count). The van der Waals surface area contributed by atoms with Crippen LogP contribution >= 0.6 is 0 Å². The fourth-order valence-electron chi connectivity index (χ4n) is 9.86. The summed E-state index contributed by atoms with van der Waals surface area (Å²) in [5, 5.41) is 54.6. The van der Waals surface area contributed by atoms with Gasteiger partial charge in [-0.05, 0) is 121 Å². The number of aliphatic carboxylic acids is 1. The van der Waals surface area contributed by atoms with Gasteiger partial charge in [0.15, 0.2) is 35.1 Å². The highest BCUT2D eigenvalue weighted by Crippen LogP contribution is 2.23. The number of nitrogens with two attached hydrogens (primary N) is 6. The van der Waals surface area contributed by atoms with Crippen LogP contribution in [-0.2, 0) is 59.2 Å². The maximum atomic E-state index is 14.5. The van der Waals surface area contributed by atoms with Crippen LogP contribution in [0.1, 0.15) is 157 Å². The van der Waals surface area contributed by atoms with E-state index in [1.165, 1.54) is 45.0 Å². The van der Waals surface area contributed by atoms with E-state index in [1.807, 2.05) is 34.6 Å². The predicted molar refractivity (Wildman–Crippen MR) is 330 cm³/mol. The second-order valence-corrected chi connectivity index (χ2v) is 23.7. The number of aromatic hydroxyl groups is 1. The van der Waals surface area contributed by atoms with Crippen molar-refractivity contribution < 1.29 is 73.2 Å². The first-order valence-corrected chi connectivity index (χ1v) is 30.3. The summed E-state index contributed by atoms with van der Waals surface area (Å²) in [6, 6.07) is -1.02. The highest BCUT2D eigenvalue weighted by Gasteiger charge is 2.38. The zero-order valence-electron chi connectivity index (χ0n) is 52.5. The van der Waals surface area contributed by atoms with Crippen LogP contribution in [0.25, 0.3) is 0 Å². The van der Waals surface area contributed by atoms with Crippen LogP contribution in [0.4, 0.5) is 0 Å². The molecule has 21 N–H and O–H groups in total. The SMILES string of the molecule is CC[C@@H](CC(C)C)C(=O)N[C@@H](CCCN=C(N)N)C(=O)C[C@H](C(=O)N[C@@H](C)C(=O)C[C@H](C(=O)N[C@@H](CC(=O)O)C(=O)C[C@@H](CCCCN)C(=O)N[C@@H](Cc1ccc(O)cc1)C(=O)C[C@@H](CCCN=C(N)N)C(=O)N[C@@H](CC(C)C)C(N)=O)[C@@H](C)O)[C@@H](C)O. The second-order valence-electron chi connectivity index (χ2n) is 23.7. The lowest BCUT2D eigenvalue weighted by molar-refractivity contribution is -0.142. The fraction of sp³-hybridized carbons (Fsp3) is 0.683. The summed E-state index contributed by atoms with van der Waals surface area (Å²) in [6.07, 6.45) is -4.17. The maximum Gasteiger partial charge on any atom is 0.305 e. The van der Waals surface area contributed by atoms with Crippen molar-refractivity contribution in [2.24, 2.45) is 85.8 Å². The summed E-state index contributed by atoms with van der Waals surface area (Å²) in [5.74, 6) is -15.4. The Kier molecular flexibility index (Phi) is 36.3. The Labute approximate surface area is 516 Å². The number of unbranched alkanes of at least 4 members (excludes halogenated alkanes) is 1. The number of rotatable bonds is 46. The molecule has 0 unspecified atom stereocenters. The molecule has 0 aliphatic heterocycles. The number of guanidine groups is 2. The second kappa shape index (κ2) is 40.8. The molecule has 1 aromatic rings. The maximum absolute atomic E-state index is 14.5. The van der Waals surface area contributed by atoms with Crippen LogP contribution < -0.4 is 61.0 Å². The smallest absolute Gasteiger partial charge is 0.305 e. The molecule has 0 bridgehead atoms. The number of aliphatic imine (C=N–C) groups is 2. The molecule has 28 nitrogen and oxygen atoms in total. The summed E-state index contributed by atoms with van der Waals surface area (Å²) in [5.41, 5.74) is 33.8. The van der Waals surface area contributed by atoms with Crippen molar-refractivity contribution in [1.29, 1.82) is 0 Å². The first-order valence-electron chi connectivity index (χ1n) is 30.3. The van der Waals surface area contributed by atoms with Crippen molar-refractivity contribution in [3.63, 3.8) is 0 Å². The van der Waals surface area contributed by atoms with Gasteiger partial charge in [0.2, 0.25) is 35.4 Å². The number of nitrogens with one attached hydrogen (secondary N) is 5. The number of carbonyl (C=O) groups is 11. The first kappa shape index (κ1) is 78.4. The summed E-state index contributed by atoms with van der Waals surface area (Å²) in [7, 11) is 0. The average molecular weight is 1240 g/mol. The number of hydrogen-bond donors (Lipinski definition) is 15. The molecule has 0 fully saturated rings. The Bertz CT molecular complexity index is 2520. The number of benzene rings is 1. The highest BCUT2D eigenvalue weighted by atomic mass is 16.4. The van der Waals surface area contributed by atoms with Crippen LogP contribution in [0.3, 0.4) is 0 Å². The summed E-state index contributed by atoms with van der Waals surface area (Å²) >= 11 is 0. The number of phenolic OH excluding ortho intramolecular Hbond substituents is 1. The third kappa shape index (κ3) is 30.9. The van der Waals surface area contributed by atoms with Gasteiger partial charge in [-0.3, -0.25) is 62.7 Å². The Hall–Kier alpha value is -7.59. The number of hydrogen-bond acceptors (Lipinski definition) is 17. The van der Waals surface area contributed by atoms with Gasteiger partial charge in [-0.1, -0.05) is 53.2 Å². The first-order chi connectivity index (χ1) is 41.2. The van der Waals surface area contributed by atoms with Gasteiger partial charge in [0.1, 0.15) is 11.8 Å². The van der Waals surface area contributed by atoms with Gasteiger partial charge < -0.3 is 81.4 Å². The summed E-state index contributed by atoms with van der Waals surface area (Å²) in [6.45, 7) is 13.5. The molecule has 496 valence electrons. The van der Waals surface area contributed by atoms with E-state index in [4.69, 9.17) is 34.4 Å². The Balaban J connectivity index is 3.53. The van der Waals surface area contributed by atoms with Crippen LogP contribution in [0.2, 0.25) is 0 Å². The van der Waals surface area contributed by atoms with E-state index in [2.05, 4.69) is 36.6 Å². The van der Waals surface area contributed by atoms with Crippen molar-refractivity contribution in [3.8, 4) is 5.75 Å². The molecule has 0 heterocycles. The van der Waals surface area contributed by atoms with Gasteiger partial charge in [0, 0.05) is 56.5 Å². The van der Waals surface area contributed by atoms with Crippen molar-refractivity contribution in [2.75, 3.05) is 19.6 Å². The summed E-state index contributed by atoms with van der Waals surface area (Å²) < 4.78 is 0. The largest absolute Gasteiger partial charge is 0.508 e. The number of nitrogens with zero attached hydrogens (tertiary/aromatic N) is 2. The summed E-state index contributed by atoms with van der Waals surface area (Å²) in [4.78, 5) is 158. The van der Waals surface area contributed by atoms with Gasteiger partial charge in [-0.15, -0.1) is 0 Å². The number of primary amides is 1. The Morgan fingerprint density at radius 2 is 0.920 bits per heavy atom. The molecule has 0 spiro atoms. The van der Waals surface area contributed by atoms with Crippen molar-refractivity contribution in [2.45, 2.75) is 201 Å². The van der Waals surface area contributed by atoms with Crippen LogP contribution in [0, 0.1) is 41.4 Å². The molecule has 0 aliphatic rings. The minimum absolute atomic E-state index is 0.0169. The number of phenols is 1. The number of amides is 6. The number of Topliss-reactive ketones (excluding diaryl/α,β-unsaturated/α-hetero) is 4. The zero-order chi connectivity index (χ0) is 67.0. The van der Waals surface area contributed by atoms with E-state index in [9.17, 15) is 73.2 Å². The molecule has 6 amide bonds. The molecular formula is C60H101N13O15. The van der Waals surface area contributed by atoms with Crippen LogP contribution in [0.15, 0.2) is 34.3 Å². The zero-order valence-corrected chi connectivity index (χ0v) is 52.5.